The van der Waals surface area contributed by atoms with Gasteiger partial charge in [0.05, 0.1) is 13.2 Å². The van der Waals surface area contributed by atoms with Crippen molar-refractivity contribution in [2.24, 2.45) is 11.8 Å². The zero-order valence-corrected chi connectivity index (χ0v) is 8.49. The van der Waals surface area contributed by atoms with Crippen molar-refractivity contribution >= 4 is 0 Å². The maximum absolute atomic E-state index is 7.60. The minimum atomic E-state index is -1.96. The average molecular weight is 186 g/mol. The monoisotopic (exact) mass is 186 g/mol. The van der Waals surface area contributed by atoms with Gasteiger partial charge in [-0.3, -0.25) is 4.90 Å². The Morgan fingerprint density at radius 3 is 2.38 bits per heavy atom. The summed E-state index contributed by atoms with van der Waals surface area (Å²) in [6.07, 6.45) is 1.93. The molecule has 2 heteroatoms. The van der Waals surface area contributed by atoms with Crippen LogP contribution in [0.15, 0.2) is 0 Å². The number of hydrogen-bond donors (Lipinski definition) is 0. The summed E-state index contributed by atoms with van der Waals surface area (Å²) in [6, 6.07) is 0.180. The molecule has 2 bridgehead atoms. The summed E-state index contributed by atoms with van der Waals surface area (Å²) in [5, 5.41) is 0. The molecule has 2 saturated heterocycles. The Morgan fingerprint density at radius 2 is 1.92 bits per heavy atom. The van der Waals surface area contributed by atoms with Crippen LogP contribution in [0.3, 0.4) is 0 Å². The van der Waals surface area contributed by atoms with Crippen molar-refractivity contribution in [1.82, 2.24) is 4.90 Å². The Kier molecular flexibility index (Phi) is 1.77. The maximum atomic E-state index is 7.60. The van der Waals surface area contributed by atoms with Crippen molar-refractivity contribution in [1.29, 1.82) is 0 Å². The van der Waals surface area contributed by atoms with Gasteiger partial charge in [0.1, 0.15) is 0 Å². The lowest BCUT2D eigenvalue weighted by molar-refractivity contribution is -0.0803. The quantitative estimate of drug-likeness (QED) is 0.618. The summed E-state index contributed by atoms with van der Waals surface area (Å²) in [7, 11) is 0. The number of hydrogen-bond acceptors (Lipinski definition) is 2. The fourth-order valence-corrected chi connectivity index (χ4v) is 2.50. The Bertz CT molecular complexity index is 240. The van der Waals surface area contributed by atoms with Gasteiger partial charge in [-0.05, 0) is 31.7 Å². The van der Waals surface area contributed by atoms with Crippen molar-refractivity contribution in [3.63, 3.8) is 0 Å². The lowest BCUT2D eigenvalue weighted by atomic mass is 9.79. The number of piperidine rings is 1. The second-order valence-electron chi connectivity index (χ2n) is 4.73. The molecule has 0 amide bonds. The van der Waals surface area contributed by atoms with E-state index in [1.54, 1.807) is 4.90 Å². The second kappa shape index (κ2) is 3.58. The first kappa shape index (κ1) is 6.41. The van der Waals surface area contributed by atoms with Gasteiger partial charge < -0.3 is 4.74 Å². The summed E-state index contributed by atoms with van der Waals surface area (Å²) < 4.78 is 28.3. The van der Waals surface area contributed by atoms with Crippen LogP contribution in [0.5, 0.6) is 0 Å². The molecular formula is C11H21NO. The van der Waals surface area contributed by atoms with Crippen molar-refractivity contribution < 1.29 is 8.85 Å². The summed E-state index contributed by atoms with van der Waals surface area (Å²) in [4.78, 5) is 1.72. The predicted molar refractivity (Wildman–Crippen MR) is 53.7 cm³/mol. The zero-order valence-electron chi connectivity index (χ0n) is 11.5. The average Bonchev–Trinajstić information content (AvgIpc) is 2.13. The molecule has 2 rings (SSSR count). The van der Waals surface area contributed by atoms with Gasteiger partial charge in [-0.1, -0.05) is 13.8 Å². The zero-order chi connectivity index (χ0) is 11.9. The highest BCUT2D eigenvalue weighted by atomic mass is 16.5. The number of nitrogens with zero attached hydrogens (tertiary/aromatic N) is 1. The minimum absolute atomic E-state index is 0.0902. The van der Waals surface area contributed by atoms with Crippen LogP contribution in [0.1, 0.15) is 30.8 Å². The van der Waals surface area contributed by atoms with Crippen molar-refractivity contribution in [2.45, 2.75) is 38.8 Å². The highest BCUT2D eigenvalue weighted by Gasteiger charge is 2.37. The molecule has 2 unspecified atom stereocenters. The molecular weight excluding hydrogens is 162 g/mol. The van der Waals surface area contributed by atoms with Gasteiger partial charge in [-0.15, -0.1) is 0 Å². The Hall–Kier alpha value is -0.0800. The molecule has 0 aromatic heterocycles. The normalized spacial score (nSPS) is 45.5. The summed E-state index contributed by atoms with van der Waals surface area (Å²) in [5.41, 5.74) is 0. The van der Waals surface area contributed by atoms with Crippen LogP contribution in [0.2, 0.25) is 0 Å². The largest absolute Gasteiger partial charge is 0.378 e. The van der Waals surface area contributed by atoms with E-state index in [9.17, 15) is 0 Å². The van der Waals surface area contributed by atoms with Gasteiger partial charge in [0.25, 0.3) is 0 Å². The highest BCUT2D eigenvalue weighted by Crippen LogP contribution is 2.34. The molecule has 0 aromatic carbocycles. The predicted octanol–water partition coefficient (Wildman–Crippen LogP) is 1.75. The van der Waals surface area contributed by atoms with Gasteiger partial charge in [0.2, 0.25) is 0 Å². The van der Waals surface area contributed by atoms with E-state index in [0.29, 0.717) is 25.0 Å². The van der Waals surface area contributed by atoms with E-state index in [1.807, 2.05) is 0 Å². The van der Waals surface area contributed by atoms with Gasteiger partial charge >= 0.3 is 0 Å². The van der Waals surface area contributed by atoms with E-state index < -0.39 is 6.98 Å². The van der Waals surface area contributed by atoms with Crippen molar-refractivity contribution in [2.75, 3.05) is 20.2 Å². The second-order valence-corrected chi connectivity index (χ2v) is 4.73. The topological polar surface area (TPSA) is 12.5 Å². The number of morpholine rings is 1. The van der Waals surface area contributed by atoms with Gasteiger partial charge in [-0.2, -0.15) is 0 Å². The lowest BCUT2D eigenvalue weighted by Crippen LogP contribution is -2.55. The Balaban J connectivity index is 2.14. The van der Waals surface area contributed by atoms with Crippen LogP contribution >= 0.6 is 0 Å². The van der Waals surface area contributed by atoms with E-state index in [2.05, 4.69) is 13.8 Å². The fraction of sp³-hybridized carbons (Fsp3) is 1.00. The smallest absolute Gasteiger partial charge is 0.0622 e. The van der Waals surface area contributed by atoms with Crippen LogP contribution < -0.4 is 0 Å². The molecule has 2 aliphatic heterocycles. The molecule has 76 valence electrons. The van der Waals surface area contributed by atoms with E-state index in [-0.39, 0.29) is 12.1 Å². The third-order valence-electron chi connectivity index (χ3n) is 3.50. The van der Waals surface area contributed by atoms with E-state index in [1.165, 1.54) is 0 Å². The SMILES string of the molecule is [2H]C([2H])([2H])N1C2COCC1CC(C(C)C)C2. The van der Waals surface area contributed by atoms with Gasteiger partial charge in [0.15, 0.2) is 0 Å². The molecule has 0 spiro atoms. The molecule has 2 fully saturated rings. The third kappa shape index (κ3) is 1.75. The molecule has 13 heavy (non-hydrogen) atoms. The summed E-state index contributed by atoms with van der Waals surface area (Å²) in [5.74, 6) is 1.29. The van der Waals surface area contributed by atoms with Crippen LogP contribution in [-0.2, 0) is 4.74 Å². The van der Waals surface area contributed by atoms with E-state index in [4.69, 9.17) is 8.85 Å². The minimum Gasteiger partial charge on any atom is -0.378 e. The Labute approximate surface area is 85.5 Å². The van der Waals surface area contributed by atoms with Crippen molar-refractivity contribution in [3.8, 4) is 0 Å². The molecule has 2 atom stereocenters. The molecule has 0 aliphatic carbocycles. The molecule has 0 radical (unpaired) electrons. The summed E-state index contributed by atoms with van der Waals surface area (Å²) in [6.45, 7) is 3.66. The number of fused-ring (bicyclic) bond motifs is 2. The van der Waals surface area contributed by atoms with Crippen molar-refractivity contribution in [3.05, 3.63) is 0 Å². The van der Waals surface area contributed by atoms with Crippen LogP contribution in [0.4, 0.5) is 0 Å². The number of ether oxygens (including phenoxy) is 1. The molecule has 0 saturated carbocycles. The molecule has 0 N–H and O–H groups in total. The Morgan fingerprint density at radius 1 is 1.31 bits per heavy atom. The molecule has 2 heterocycles. The highest BCUT2D eigenvalue weighted by molar-refractivity contribution is 4.90. The fourth-order valence-electron chi connectivity index (χ4n) is 2.50. The first-order chi connectivity index (χ1) is 7.39. The molecule has 0 aromatic rings. The van der Waals surface area contributed by atoms with E-state index in [0.717, 1.165) is 12.8 Å². The van der Waals surface area contributed by atoms with Gasteiger partial charge in [0, 0.05) is 16.2 Å². The first-order valence-corrected chi connectivity index (χ1v) is 5.25. The standard InChI is InChI=1S/C11H21NO/c1-8(2)9-4-10-6-13-7-11(5-9)12(10)3/h8-11H,4-7H2,1-3H3/i3D3. The maximum Gasteiger partial charge on any atom is 0.0622 e. The lowest BCUT2D eigenvalue weighted by Gasteiger charge is -2.47. The first-order valence-electron chi connectivity index (χ1n) is 6.75. The molecule has 2 aliphatic rings. The van der Waals surface area contributed by atoms with Crippen LogP contribution in [0, 0.1) is 11.8 Å². The van der Waals surface area contributed by atoms with E-state index >= 15 is 0 Å². The van der Waals surface area contributed by atoms with Crippen LogP contribution in [-0.4, -0.2) is 37.2 Å². The third-order valence-corrected chi connectivity index (χ3v) is 3.50. The number of likely N-dealkylation sites (N-methyl/N-ethyl adjacent to an activating group) is 1. The molecule has 2 nitrogen and oxygen atoms in total. The summed E-state index contributed by atoms with van der Waals surface area (Å²) >= 11 is 0. The van der Waals surface area contributed by atoms with Gasteiger partial charge in [-0.25, -0.2) is 0 Å². The van der Waals surface area contributed by atoms with Crippen LogP contribution in [0.25, 0.3) is 0 Å². The number of rotatable bonds is 1.